The van der Waals surface area contributed by atoms with Crippen LogP contribution in [0.1, 0.15) is 27.7 Å². The Hall–Kier alpha value is -5.62. The van der Waals surface area contributed by atoms with Crippen molar-refractivity contribution in [2.75, 3.05) is 73.2 Å². The average Bonchev–Trinajstić information content (AvgIpc) is 3.93. The van der Waals surface area contributed by atoms with Crippen molar-refractivity contribution in [3.05, 3.63) is 58.6 Å². The molecule has 22 nitrogen and oxygen atoms in total. The lowest BCUT2D eigenvalue weighted by Crippen LogP contribution is -2.22. The van der Waals surface area contributed by atoms with Gasteiger partial charge in [-0.05, 0) is 64.1 Å². The van der Waals surface area contributed by atoms with Crippen LogP contribution < -0.4 is 29.9 Å². The molecular weight excluding hydrogens is 1050 g/mol. The number of ether oxygens (including phenoxy) is 2. The lowest BCUT2D eigenvalue weighted by Gasteiger charge is -2.25. The number of hydrogen-bond donors (Lipinski definition) is 5. The van der Waals surface area contributed by atoms with Gasteiger partial charge in [0, 0.05) is 44.1 Å². The third-order valence-electron chi connectivity index (χ3n) is 10.1. The zero-order chi connectivity index (χ0) is 50.5. The van der Waals surface area contributed by atoms with E-state index < -0.39 is 30.0 Å². The minimum atomic E-state index is -4.71. The summed E-state index contributed by atoms with van der Waals surface area (Å²) in [5.41, 5.74) is 3.05. The van der Waals surface area contributed by atoms with Crippen LogP contribution in [0.3, 0.4) is 0 Å². The second-order valence-electron chi connectivity index (χ2n) is 14.3. The van der Waals surface area contributed by atoms with Crippen molar-refractivity contribution in [3.63, 3.8) is 0 Å². The summed E-state index contributed by atoms with van der Waals surface area (Å²) in [6.45, 7) is 10.3. The number of thiazole rings is 2. The molecule has 3 heterocycles. The van der Waals surface area contributed by atoms with Crippen molar-refractivity contribution in [3.8, 4) is 11.5 Å². The number of thioether (sulfide) groups is 1. The SMILES string of the molecule is CCN(CC)c1cc(Nc2nc(Nc3cc(N(CC)CC)c(OC)cc3/N=N/c3nc4ccc(Cl)c(S(=O)(=O)O)c4s3)nc(SCCO)n2)c(/N=N/c2nc3ccc(Cl)c(S(=O)(=O)O)c3s2)cc1OC. The van der Waals surface area contributed by atoms with Crippen molar-refractivity contribution in [1.29, 1.82) is 0 Å². The Morgan fingerprint density at radius 3 is 1.41 bits per heavy atom. The molecule has 0 amide bonds. The van der Waals surface area contributed by atoms with Crippen LogP contribution in [0.2, 0.25) is 10.0 Å². The summed E-state index contributed by atoms with van der Waals surface area (Å²) >= 11 is 15.2. The van der Waals surface area contributed by atoms with Gasteiger partial charge in [0.15, 0.2) is 5.16 Å². The Morgan fingerprint density at radius 2 is 1.06 bits per heavy atom. The number of aliphatic hydroxyl groups is 1. The second kappa shape index (κ2) is 22.2. The summed E-state index contributed by atoms with van der Waals surface area (Å²) in [6, 6.07) is 12.5. The first-order chi connectivity index (χ1) is 33.4. The Morgan fingerprint density at radius 1 is 0.643 bits per heavy atom. The number of aliphatic hydroxyl groups excluding tert-OH is 1. The summed E-state index contributed by atoms with van der Waals surface area (Å²) in [6.07, 6.45) is 0. The van der Waals surface area contributed by atoms with Gasteiger partial charge in [-0.3, -0.25) is 9.11 Å². The van der Waals surface area contributed by atoms with Crippen LogP contribution in [0, 0.1) is 0 Å². The smallest absolute Gasteiger partial charge is 0.297 e. The fourth-order valence-electron chi connectivity index (χ4n) is 6.97. The van der Waals surface area contributed by atoms with E-state index >= 15 is 0 Å². The molecule has 7 aromatic rings. The number of halogens is 2. The van der Waals surface area contributed by atoms with Crippen LogP contribution in [0.4, 0.5) is 56.3 Å². The minimum absolute atomic E-state index is 0.0425. The molecule has 0 unspecified atom stereocenters. The Balaban J connectivity index is 1.33. The molecule has 70 heavy (non-hydrogen) atoms. The monoisotopic (exact) mass is 1090 g/mol. The fraction of sp³-hybridized carbons (Fsp3) is 0.293. The number of nitrogens with zero attached hydrogens (tertiary/aromatic N) is 11. The topological polar surface area (TPSA) is 292 Å². The van der Waals surface area contributed by atoms with Gasteiger partial charge in [-0.1, -0.05) is 57.6 Å². The predicted molar refractivity (Wildman–Crippen MR) is 275 cm³/mol. The summed E-state index contributed by atoms with van der Waals surface area (Å²) in [4.78, 5) is 26.0. The number of methoxy groups -OCH3 is 2. The minimum Gasteiger partial charge on any atom is -0.494 e. The van der Waals surface area contributed by atoms with Crippen LogP contribution >= 0.6 is 57.6 Å². The maximum atomic E-state index is 12.2. The van der Waals surface area contributed by atoms with Gasteiger partial charge in [0.05, 0.1) is 74.1 Å². The molecule has 0 bridgehead atoms. The van der Waals surface area contributed by atoms with Gasteiger partial charge in [0.1, 0.15) is 32.7 Å². The van der Waals surface area contributed by atoms with E-state index in [1.165, 1.54) is 38.5 Å². The van der Waals surface area contributed by atoms with E-state index in [1.807, 2.05) is 27.7 Å². The predicted octanol–water partition coefficient (Wildman–Crippen LogP) is 11.0. The van der Waals surface area contributed by atoms with Crippen LogP contribution in [0.25, 0.3) is 20.4 Å². The number of rotatable bonds is 21. The van der Waals surface area contributed by atoms with Crippen LogP contribution in [0.5, 0.6) is 11.5 Å². The highest BCUT2D eigenvalue weighted by Gasteiger charge is 2.25. The van der Waals surface area contributed by atoms with E-state index in [4.69, 9.17) is 37.7 Å². The fourth-order valence-corrected chi connectivity index (χ4v) is 12.4. The number of azo groups is 2. The number of anilines is 6. The van der Waals surface area contributed by atoms with E-state index in [9.17, 15) is 31.0 Å². The molecule has 0 fully saturated rings. The number of nitrogens with one attached hydrogen (secondary N) is 2. The number of fused-ring (bicyclic) bond motifs is 2. The lowest BCUT2D eigenvalue weighted by molar-refractivity contribution is 0.322. The maximum absolute atomic E-state index is 12.2. The molecule has 0 radical (unpaired) electrons. The van der Waals surface area contributed by atoms with Gasteiger partial charge >= 0.3 is 0 Å². The first kappa shape index (κ1) is 52.2. The third-order valence-corrected chi connectivity index (χ3v) is 15.9. The molecule has 0 atom stereocenters. The largest absolute Gasteiger partial charge is 0.494 e. The van der Waals surface area contributed by atoms with E-state index in [-0.39, 0.29) is 81.5 Å². The molecule has 370 valence electrons. The van der Waals surface area contributed by atoms with Crippen LogP contribution in [0.15, 0.2) is 83.9 Å². The van der Waals surface area contributed by atoms with Crippen molar-refractivity contribution in [2.24, 2.45) is 20.5 Å². The molecule has 0 saturated heterocycles. The van der Waals surface area contributed by atoms with Gasteiger partial charge < -0.3 is 35.0 Å². The van der Waals surface area contributed by atoms with Crippen LogP contribution in [-0.2, 0) is 20.2 Å². The van der Waals surface area contributed by atoms with E-state index in [0.29, 0.717) is 60.4 Å². The molecule has 0 saturated carbocycles. The Labute approximate surface area is 423 Å². The van der Waals surface area contributed by atoms with Crippen molar-refractivity contribution in [2.45, 2.75) is 42.6 Å². The molecule has 0 spiro atoms. The first-order valence-electron chi connectivity index (χ1n) is 20.9. The molecule has 4 aromatic carbocycles. The van der Waals surface area contributed by atoms with Gasteiger partial charge in [0.25, 0.3) is 20.2 Å². The zero-order valence-electron chi connectivity index (χ0n) is 37.9. The second-order valence-corrected chi connectivity index (χ2v) is 20.9. The van der Waals surface area contributed by atoms with Crippen molar-refractivity contribution >= 4 is 155 Å². The van der Waals surface area contributed by atoms with E-state index in [0.717, 1.165) is 34.4 Å². The summed E-state index contributed by atoms with van der Waals surface area (Å²) in [5.74, 6) is 1.25. The van der Waals surface area contributed by atoms with E-state index in [2.05, 4.69) is 60.8 Å². The first-order valence-corrected chi connectivity index (χ1v) is 27.1. The molecule has 5 N–H and O–H groups in total. The maximum Gasteiger partial charge on any atom is 0.297 e. The highest BCUT2D eigenvalue weighted by atomic mass is 35.5. The van der Waals surface area contributed by atoms with Gasteiger partial charge in [0.2, 0.25) is 22.2 Å². The Kier molecular flexibility index (Phi) is 16.6. The lowest BCUT2D eigenvalue weighted by atomic mass is 10.2. The molecular formula is C41H43Cl2N13O9S5. The standard InChI is InChI=1S/C41H43Cl2N13O9S5/c1-7-55(8-2)29-17-25(27(19-31(29)64-5)51-53-40-46-23-13-11-21(42)35(33(23)67-40)69(58,59)60)44-37-48-38(50-39(49-37)66-16-15-57)45-26-18-30(56(9-3)10-4)32(65-6)20-28(26)52-54-41-47-24-14-12-22(43)36(34(24)68-41)70(61,62)63/h11-14,17-20,57H,7-10,15-16H2,1-6H3,(H,58,59,60)(H,61,62,63)(H2,44,45,48,49,50)/b53-51+,54-52+. The summed E-state index contributed by atoms with van der Waals surface area (Å²) in [5, 5.41) is 34.0. The zero-order valence-corrected chi connectivity index (χ0v) is 43.5. The van der Waals surface area contributed by atoms with Crippen LogP contribution in [-0.4, -0.2) is 109 Å². The molecule has 29 heteroatoms. The van der Waals surface area contributed by atoms with Crippen molar-refractivity contribution in [1.82, 2.24) is 24.9 Å². The highest BCUT2D eigenvalue weighted by Crippen LogP contribution is 2.45. The quantitative estimate of drug-likeness (QED) is 0.0254. The van der Waals surface area contributed by atoms with Crippen molar-refractivity contribution < 1.29 is 40.5 Å². The normalized spacial score (nSPS) is 12.2. The summed E-state index contributed by atoms with van der Waals surface area (Å²) < 4.78 is 80.6. The molecule has 0 aliphatic heterocycles. The van der Waals surface area contributed by atoms with Gasteiger partial charge in [-0.25, -0.2) is 9.97 Å². The van der Waals surface area contributed by atoms with Gasteiger partial charge in [-0.15, -0.1) is 20.5 Å². The number of hydrogen-bond acceptors (Lipinski definition) is 23. The Bertz CT molecular complexity index is 3160. The summed E-state index contributed by atoms with van der Waals surface area (Å²) in [7, 11) is -6.38. The molecule has 0 aliphatic carbocycles. The highest BCUT2D eigenvalue weighted by molar-refractivity contribution is 7.99. The third kappa shape index (κ3) is 11.6. The molecule has 7 rings (SSSR count). The van der Waals surface area contributed by atoms with Gasteiger partial charge in [-0.2, -0.15) is 31.8 Å². The molecule has 0 aliphatic rings. The number of benzene rings is 4. The number of aromatic nitrogens is 5. The van der Waals surface area contributed by atoms with E-state index in [1.54, 1.807) is 24.3 Å². The molecule has 3 aromatic heterocycles. The average molecular weight is 1090 g/mol.